The highest BCUT2D eigenvalue weighted by Crippen LogP contribution is 2.36. The Morgan fingerprint density at radius 1 is 1.00 bits per heavy atom. The first kappa shape index (κ1) is 22.8. The number of aryl methyl sites for hydroxylation is 1. The number of benzene rings is 2. The van der Waals surface area contributed by atoms with E-state index in [-0.39, 0.29) is 28.6 Å². The zero-order valence-electron chi connectivity index (χ0n) is 19.1. The molecule has 32 heavy (non-hydrogen) atoms. The summed E-state index contributed by atoms with van der Waals surface area (Å²) >= 11 is 0. The van der Waals surface area contributed by atoms with Gasteiger partial charge in [0, 0.05) is 24.7 Å². The van der Waals surface area contributed by atoms with Crippen LogP contribution in [-0.4, -0.2) is 49.8 Å². The Hall–Kier alpha value is -2.38. The Kier molecular flexibility index (Phi) is 6.58. The Morgan fingerprint density at radius 2 is 1.75 bits per heavy atom. The van der Waals surface area contributed by atoms with E-state index in [1.54, 1.807) is 16.4 Å². The second-order valence-corrected chi connectivity index (χ2v) is 10.8. The van der Waals surface area contributed by atoms with E-state index in [0.717, 1.165) is 37.7 Å². The maximum absolute atomic E-state index is 13.5. The van der Waals surface area contributed by atoms with Crippen LogP contribution < -0.4 is 4.74 Å². The van der Waals surface area contributed by atoms with Gasteiger partial charge in [-0.3, -0.25) is 4.79 Å². The smallest absolute Gasteiger partial charge is 0.254 e. The highest BCUT2D eigenvalue weighted by molar-refractivity contribution is 7.89. The molecular weight excluding hydrogens is 424 g/mol. The molecule has 0 bridgehead atoms. The van der Waals surface area contributed by atoms with E-state index < -0.39 is 10.0 Å². The van der Waals surface area contributed by atoms with E-state index >= 15 is 0 Å². The van der Waals surface area contributed by atoms with Crippen LogP contribution in [0.25, 0.3) is 0 Å². The number of amides is 1. The second kappa shape index (κ2) is 9.24. The summed E-state index contributed by atoms with van der Waals surface area (Å²) in [6, 6.07) is 13.0. The molecule has 2 unspecified atom stereocenters. The number of nitrogens with zero attached hydrogens (tertiary/aromatic N) is 2. The first-order valence-electron chi connectivity index (χ1n) is 11.4. The summed E-state index contributed by atoms with van der Waals surface area (Å²) in [5.41, 5.74) is 2.68. The van der Waals surface area contributed by atoms with Crippen LogP contribution in [0.3, 0.4) is 0 Å². The molecule has 2 saturated heterocycles. The van der Waals surface area contributed by atoms with Crippen molar-refractivity contribution in [3.63, 3.8) is 0 Å². The Balaban J connectivity index is 1.67. The molecule has 2 aliphatic heterocycles. The predicted molar refractivity (Wildman–Crippen MR) is 124 cm³/mol. The lowest BCUT2D eigenvalue weighted by Gasteiger charge is -2.32. The first-order chi connectivity index (χ1) is 15.3. The number of likely N-dealkylation sites (tertiary alicyclic amines) is 1. The van der Waals surface area contributed by atoms with Gasteiger partial charge in [0.1, 0.15) is 10.6 Å². The summed E-state index contributed by atoms with van der Waals surface area (Å²) in [6.07, 6.45) is 4.54. The third-order valence-electron chi connectivity index (χ3n) is 6.72. The van der Waals surface area contributed by atoms with Gasteiger partial charge in [-0.15, -0.1) is 0 Å². The van der Waals surface area contributed by atoms with Crippen molar-refractivity contribution in [3.05, 3.63) is 59.2 Å². The summed E-state index contributed by atoms with van der Waals surface area (Å²) in [5.74, 6) is 0.134. The zero-order chi connectivity index (χ0) is 22.9. The minimum Gasteiger partial charge on any atom is -0.495 e. The highest BCUT2D eigenvalue weighted by atomic mass is 32.2. The number of methoxy groups -OCH3 is 1. The second-order valence-electron chi connectivity index (χ2n) is 8.89. The van der Waals surface area contributed by atoms with Crippen LogP contribution in [-0.2, 0) is 10.0 Å². The fourth-order valence-corrected chi connectivity index (χ4v) is 6.76. The summed E-state index contributed by atoms with van der Waals surface area (Å²) in [5, 5.41) is 0. The van der Waals surface area contributed by atoms with Crippen molar-refractivity contribution in [2.75, 3.05) is 20.2 Å². The maximum atomic E-state index is 13.5. The van der Waals surface area contributed by atoms with Gasteiger partial charge in [-0.1, -0.05) is 36.2 Å². The van der Waals surface area contributed by atoms with Gasteiger partial charge in [-0.2, -0.15) is 4.31 Å². The minimum absolute atomic E-state index is 0.00683. The quantitative estimate of drug-likeness (QED) is 0.662. The monoisotopic (exact) mass is 456 g/mol. The molecule has 0 saturated carbocycles. The SMILES string of the molecule is COc1ccc(C(=O)N2CCCC2c2ccc(C)cc2)cc1S(=O)(=O)N1CCCCC1C. The fourth-order valence-electron chi connectivity index (χ4n) is 4.88. The van der Waals surface area contributed by atoms with Gasteiger partial charge in [0.15, 0.2) is 0 Å². The molecule has 6 nitrogen and oxygen atoms in total. The molecule has 7 heteroatoms. The number of carbonyl (C=O) groups excluding carboxylic acids is 1. The molecule has 0 radical (unpaired) electrons. The molecule has 172 valence electrons. The molecule has 2 atom stereocenters. The van der Waals surface area contributed by atoms with E-state index in [1.165, 1.54) is 18.7 Å². The van der Waals surface area contributed by atoms with Crippen molar-refractivity contribution >= 4 is 15.9 Å². The van der Waals surface area contributed by atoms with Gasteiger partial charge >= 0.3 is 0 Å². The van der Waals surface area contributed by atoms with Gasteiger partial charge in [0.05, 0.1) is 13.2 Å². The molecule has 2 aliphatic rings. The topological polar surface area (TPSA) is 66.9 Å². The van der Waals surface area contributed by atoms with E-state index in [2.05, 4.69) is 24.3 Å². The minimum atomic E-state index is -3.77. The summed E-state index contributed by atoms with van der Waals surface area (Å²) < 4.78 is 34.0. The third kappa shape index (κ3) is 4.28. The van der Waals surface area contributed by atoms with Crippen molar-refractivity contribution in [1.29, 1.82) is 0 Å². The lowest BCUT2D eigenvalue weighted by molar-refractivity contribution is 0.0735. The van der Waals surface area contributed by atoms with Crippen LogP contribution in [0.5, 0.6) is 5.75 Å². The number of hydrogen-bond acceptors (Lipinski definition) is 4. The lowest BCUT2D eigenvalue weighted by Crippen LogP contribution is -2.42. The number of rotatable bonds is 5. The summed E-state index contributed by atoms with van der Waals surface area (Å²) in [7, 11) is -2.30. The molecule has 2 fully saturated rings. The van der Waals surface area contributed by atoms with Crippen molar-refractivity contribution in [3.8, 4) is 5.75 Å². The summed E-state index contributed by atoms with van der Waals surface area (Å²) in [6.45, 7) is 5.14. The van der Waals surface area contributed by atoms with Crippen molar-refractivity contribution in [1.82, 2.24) is 9.21 Å². The van der Waals surface area contributed by atoms with Gasteiger partial charge in [-0.05, 0) is 63.3 Å². The van der Waals surface area contributed by atoms with Crippen LogP contribution in [0.1, 0.15) is 66.6 Å². The summed E-state index contributed by atoms with van der Waals surface area (Å²) in [4.78, 5) is 15.4. The van der Waals surface area contributed by atoms with Crippen molar-refractivity contribution < 1.29 is 17.9 Å². The van der Waals surface area contributed by atoms with E-state index in [4.69, 9.17) is 4.74 Å². The van der Waals surface area contributed by atoms with Crippen LogP contribution in [0.2, 0.25) is 0 Å². The van der Waals surface area contributed by atoms with E-state index in [0.29, 0.717) is 18.7 Å². The standard InChI is InChI=1S/C25H32N2O4S/c1-18-9-11-20(12-10-18)22-8-6-15-26(22)25(28)21-13-14-23(31-3)24(17-21)32(29,30)27-16-5-4-7-19(27)2/h9-14,17,19,22H,4-8,15-16H2,1-3H3. The van der Waals surface area contributed by atoms with Crippen LogP contribution >= 0.6 is 0 Å². The zero-order valence-corrected chi connectivity index (χ0v) is 19.9. The van der Waals surface area contributed by atoms with E-state index in [1.807, 2.05) is 18.7 Å². The lowest BCUT2D eigenvalue weighted by atomic mass is 10.0. The molecule has 0 aliphatic carbocycles. The first-order valence-corrected chi connectivity index (χ1v) is 12.8. The highest BCUT2D eigenvalue weighted by Gasteiger charge is 2.35. The average Bonchev–Trinajstić information content (AvgIpc) is 3.28. The third-order valence-corrected chi connectivity index (χ3v) is 8.75. The van der Waals surface area contributed by atoms with Gasteiger partial charge in [0.2, 0.25) is 10.0 Å². The predicted octanol–water partition coefficient (Wildman–Crippen LogP) is 4.54. The Morgan fingerprint density at radius 3 is 2.44 bits per heavy atom. The molecule has 0 spiro atoms. The van der Waals surface area contributed by atoms with E-state index in [9.17, 15) is 13.2 Å². The van der Waals surface area contributed by atoms with Gasteiger partial charge in [-0.25, -0.2) is 8.42 Å². The largest absolute Gasteiger partial charge is 0.495 e. The Bertz CT molecular complexity index is 1080. The number of piperidine rings is 1. The molecule has 1 amide bonds. The molecular formula is C25H32N2O4S. The molecule has 4 rings (SSSR count). The van der Waals surface area contributed by atoms with Gasteiger partial charge < -0.3 is 9.64 Å². The Labute approximate surface area is 191 Å². The fraction of sp³-hybridized carbons (Fsp3) is 0.480. The van der Waals surface area contributed by atoms with Crippen LogP contribution in [0.4, 0.5) is 0 Å². The molecule has 2 aromatic rings. The van der Waals surface area contributed by atoms with Crippen LogP contribution in [0.15, 0.2) is 47.4 Å². The molecule has 0 N–H and O–H groups in total. The van der Waals surface area contributed by atoms with Crippen LogP contribution in [0, 0.1) is 6.92 Å². The normalized spacial score (nSPS) is 22.2. The number of carbonyl (C=O) groups is 1. The van der Waals surface area contributed by atoms with Crippen molar-refractivity contribution in [2.45, 2.75) is 62.9 Å². The molecule has 0 aromatic heterocycles. The van der Waals surface area contributed by atoms with Crippen molar-refractivity contribution in [2.24, 2.45) is 0 Å². The number of ether oxygens (including phenoxy) is 1. The molecule has 2 aromatic carbocycles. The van der Waals surface area contributed by atoms with Gasteiger partial charge in [0.25, 0.3) is 5.91 Å². The number of hydrogen-bond donors (Lipinski definition) is 0. The maximum Gasteiger partial charge on any atom is 0.254 e. The average molecular weight is 457 g/mol. The number of sulfonamides is 1. The molecule has 2 heterocycles.